The van der Waals surface area contributed by atoms with Crippen molar-refractivity contribution in [3.8, 4) is 11.5 Å². The molecule has 6 heteroatoms. The van der Waals surface area contributed by atoms with Crippen molar-refractivity contribution >= 4 is 12.0 Å². The monoisotopic (exact) mass is 347 g/mol. The zero-order chi connectivity index (χ0) is 18.4. The quantitative estimate of drug-likeness (QED) is 0.807. The lowest BCUT2D eigenvalue weighted by atomic mass is 10.1. The molecule has 1 amide bonds. The summed E-state index contributed by atoms with van der Waals surface area (Å²) in [5, 5.41) is 2.69. The zero-order valence-electron chi connectivity index (χ0n) is 14.2. The third-order valence-corrected chi connectivity index (χ3v) is 3.65. The van der Waals surface area contributed by atoms with Gasteiger partial charge in [0.15, 0.2) is 23.1 Å². The molecule has 132 valence electrons. The van der Waals surface area contributed by atoms with Gasteiger partial charge in [-0.25, -0.2) is 8.78 Å². The number of carbonyl (C=O) groups excluding carboxylic acids is 1. The van der Waals surface area contributed by atoms with E-state index in [1.807, 2.05) is 0 Å². The second-order valence-electron chi connectivity index (χ2n) is 5.32. The Hall–Kier alpha value is -2.89. The van der Waals surface area contributed by atoms with Gasteiger partial charge in [0, 0.05) is 11.6 Å². The Bertz CT molecular complexity index is 790. The summed E-state index contributed by atoms with van der Waals surface area (Å²) in [6.45, 7) is 1.69. The van der Waals surface area contributed by atoms with Crippen molar-refractivity contribution in [2.45, 2.75) is 13.0 Å². The largest absolute Gasteiger partial charge is 0.493 e. The van der Waals surface area contributed by atoms with Crippen molar-refractivity contribution in [3.05, 3.63) is 65.2 Å². The molecule has 0 radical (unpaired) electrons. The van der Waals surface area contributed by atoms with E-state index in [0.29, 0.717) is 22.6 Å². The van der Waals surface area contributed by atoms with E-state index in [0.717, 1.165) is 12.1 Å². The minimum atomic E-state index is -0.949. The summed E-state index contributed by atoms with van der Waals surface area (Å²) in [6, 6.07) is 8.37. The van der Waals surface area contributed by atoms with Crippen LogP contribution in [0.15, 0.2) is 42.5 Å². The van der Waals surface area contributed by atoms with Crippen LogP contribution in [0.5, 0.6) is 11.5 Å². The van der Waals surface area contributed by atoms with Crippen LogP contribution in [-0.4, -0.2) is 20.1 Å². The molecule has 25 heavy (non-hydrogen) atoms. The fourth-order valence-electron chi connectivity index (χ4n) is 2.34. The summed E-state index contributed by atoms with van der Waals surface area (Å²) < 4.78 is 36.7. The van der Waals surface area contributed by atoms with Crippen molar-refractivity contribution in [1.82, 2.24) is 5.32 Å². The lowest BCUT2D eigenvalue weighted by Crippen LogP contribution is -2.24. The molecule has 0 heterocycles. The predicted octanol–water partition coefficient (Wildman–Crippen LogP) is 3.87. The van der Waals surface area contributed by atoms with Gasteiger partial charge in [-0.05, 0) is 36.8 Å². The van der Waals surface area contributed by atoms with Crippen molar-refractivity contribution in [1.29, 1.82) is 0 Å². The number of ether oxygens (including phenoxy) is 2. The Morgan fingerprint density at radius 2 is 1.88 bits per heavy atom. The molecule has 0 aliphatic heterocycles. The number of rotatable bonds is 6. The molecule has 0 aromatic heterocycles. The highest BCUT2D eigenvalue weighted by Crippen LogP contribution is 2.31. The second-order valence-corrected chi connectivity index (χ2v) is 5.32. The van der Waals surface area contributed by atoms with Gasteiger partial charge in [0.1, 0.15) is 0 Å². The van der Waals surface area contributed by atoms with Crippen LogP contribution in [0.2, 0.25) is 0 Å². The van der Waals surface area contributed by atoms with Gasteiger partial charge in [0.05, 0.1) is 20.3 Å². The number of nitrogens with one attached hydrogen (secondary N) is 1. The van der Waals surface area contributed by atoms with Gasteiger partial charge in [-0.2, -0.15) is 0 Å². The van der Waals surface area contributed by atoms with Gasteiger partial charge < -0.3 is 14.8 Å². The van der Waals surface area contributed by atoms with E-state index in [2.05, 4.69) is 5.32 Å². The molecule has 0 spiro atoms. The minimum Gasteiger partial charge on any atom is -0.493 e. The van der Waals surface area contributed by atoms with E-state index in [9.17, 15) is 13.6 Å². The Kier molecular flexibility index (Phi) is 6.11. The third kappa shape index (κ3) is 4.56. The maximum atomic E-state index is 13.3. The molecule has 0 saturated heterocycles. The van der Waals surface area contributed by atoms with Crippen LogP contribution in [-0.2, 0) is 4.79 Å². The van der Waals surface area contributed by atoms with Crippen LogP contribution in [0.1, 0.15) is 24.1 Å². The Morgan fingerprint density at radius 1 is 1.12 bits per heavy atom. The van der Waals surface area contributed by atoms with Crippen LogP contribution in [0.25, 0.3) is 6.08 Å². The van der Waals surface area contributed by atoms with Gasteiger partial charge in [-0.15, -0.1) is 0 Å². The minimum absolute atomic E-state index is 0.373. The lowest BCUT2D eigenvalue weighted by Gasteiger charge is -2.13. The van der Waals surface area contributed by atoms with Gasteiger partial charge in [0.2, 0.25) is 5.91 Å². The second kappa shape index (κ2) is 8.28. The van der Waals surface area contributed by atoms with Gasteiger partial charge in [0.25, 0.3) is 0 Å². The fourth-order valence-corrected chi connectivity index (χ4v) is 2.34. The van der Waals surface area contributed by atoms with Gasteiger partial charge in [-0.1, -0.05) is 18.2 Å². The smallest absolute Gasteiger partial charge is 0.244 e. The van der Waals surface area contributed by atoms with E-state index in [1.54, 1.807) is 31.2 Å². The lowest BCUT2D eigenvalue weighted by molar-refractivity contribution is -0.117. The number of carbonyl (C=O) groups is 1. The molecule has 1 unspecified atom stereocenters. The number of methoxy groups -OCH3 is 2. The first-order valence-corrected chi connectivity index (χ1v) is 7.60. The summed E-state index contributed by atoms with van der Waals surface area (Å²) in [4.78, 5) is 12.1. The Morgan fingerprint density at radius 3 is 2.52 bits per heavy atom. The molecular weight excluding hydrogens is 328 g/mol. The fraction of sp³-hybridized carbons (Fsp3) is 0.211. The maximum Gasteiger partial charge on any atom is 0.244 e. The maximum absolute atomic E-state index is 13.3. The number of hydrogen-bond acceptors (Lipinski definition) is 3. The molecule has 0 aliphatic carbocycles. The number of para-hydroxylation sites is 1. The molecule has 0 aliphatic rings. The van der Waals surface area contributed by atoms with E-state index in [1.165, 1.54) is 26.4 Å². The number of amides is 1. The molecule has 4 nitrogen and oxygen atoms in total. The summed E-state index contributed by atoms with van der Waals surface area (Å²) in [6.07, 6.45) is 2.93. The van der Waals surface area contributed by atoms with E-state index in [-0.39, 0.29) is 5.91 Å². The number of hydrogen-bond donors (Lipinski definition) is 1. The predicted molar refractivity (Wildman–Crippen MR) is 91.5 cm³/mol. The average Bonchev–Trinajstić information content (AvgIpc) is 2.61. The number of halogens is 2. The van der Waals surface area contributed by atoms with Crippen LogP contribution >= 0.6 is 0 Å². The van der Waals surface area contributed by atoms with E-state index in [4.69, 9.17) is 9.47 Å². The van der Waals surface area contributed by atoms with Crippen LogP contribution in [0, 0.1) is 11.6 Å². The first-order chi connectivity index (χ1) is 12.0. The Labute approximate surface area is 145 Å². The summed E-state index contributed by atoms with van der Waals surface area (Å²) >= 11 is 0. The van der Waals surface area contributed by atoms with Crippen molar-refractivity contribution in [2.24, 2.45) is 0 Å². The third-order valence-electron chi connectivity index (χ3n) is 3.65. The highest BCUT2D eigenvalue weighted by Gasteiger charge is 2.11. The SMILES string of the molecule is COc1cccc(/C=C/C(=O)NC(C)c2ccc(F)c(F)c2)c1OC. The molecule has 0 bridgehead atoms. The molecule has 0 fully saturated rings. The molecular formula is C19H19F2NO3. The molecule has 2 aromatic rings. The topological polar surface area (TPSA) is 47.6 Å². The van der Waals surface area contributed by atoms with Crippen molar-refractivity contribution in [3.63, 3.8) is 0 Å². The molecule has 1 atom stereocenters. The highest BCUT2D eigenvalue weighted by molar-refractivity contribution is 5.92. The van der Waals surface area contributed by atoms with Crippen LogP contribution in [0.4, 0.5) is 8.78 Å². The summed E-state index contributed by atoms with van der Waals surface area (Å²) in [7, 11) is 3.04. The summed E-state index contributed by atoms with van der Waals surface area (Å²) in [5.74, 6) is -1.17. The van der Waals surface area contributed by atoms with E-state index >= 15 is 0 Å². The molecule has 0 saturated carbocycles. The average molecular weight is 347 g/mol. The van der Waals surface area contributed by atoms with Crippen LogP contribution in [0.3, 0.4) is 0 Å². The highest BCUT2D eigenvalue weighted by atomic mass is 19.2. The molecule has 1 N–H and O–H groups in total. The Balaban J connectivity index is 2.09. The van der Waals surface area contributed by atoms with Gasteiger partial charge in [-0.3, -0.25) is 4.79 Å². The van der Waals surface area contributed by atoms with Crippen molar-refractivity contribution < 1.29 is 23.0 Å². The van der Waals surface area contributed by atoms with Gasteiger partial charge >= 0.3 is 0 Å². The standard InChI is InChI=1S/C19H19F2NO3/c1-12(14-7-9-15(20)16(21)11-14)22-18(23)10-8-13-5-4-6-17(24-2)19(13)25-3/h4-12H,1-3H3,(H,22,23)/b10-8+. The first kappa shape index (κ1) is 18.4. The molecule has 2 aromatic carbocycles. The molecule has 2 rings (SSSR count). The van der Waals surface area contributed by atoms with E-state index < -0.39 is 17.7 Å². The first-order valence-electron chi connectivity index (χ1n) is 7.60. The summed E-state index contributed by atoms with van der Waals surface area (Å²) in [5.41, 5.74) is 1.15. The number of benzene rings is 2. The normalized spacial score (nSPS) is 12.0. The van der Waals surface area contributed by atoms with Crippen molar-refractivity contribution in [2.75, 3.05) is 14.2 Å². The van der Waals surface area contributed by atoms with Crippen LogP contribution < -0.4 is 14.8 Å². The zero-order valence-corrected chi connectivity index (χ0v) is 14.2.